The molecule has 1 N–H and O–H groups in total. The van der Waals surface area contributed by atoms with E-state index in [1.54, 1.807) is 0 Å². The fourth-order valence-corrected chi connectivity index (χ4v) is 10.7. The third kappa shape index (κ3) is 4.71. The number of aromatic nitrogens is 1. The molecule has 1 aromatic carbocycles. The van der Waals surface area contributed by atoms with Gasteiger partial charge in [-0.15, -0.1) is 0 Å². The van der Waals surface area contributed by atoms with Gasteiger partial charge < -0.3 is 9.74 Å². The zero-order valence-corrected chi connectivity index (χ0v) is 21.4. The number of aryl methyl sites for hydroxylation is 3. The Morgan fingerprint density at radius 1 is 0.968 bits per heavy atom. The minimum atomic E-state index is -1.97. The molecule has 0 unspecified atom stereocenters. The number of hydrogen-bond donors (Lipinski definition) is 1. The molecule has 1 aliphatic heterocycles. The predicted molar refractivity (Wildman–Crippen MR) is 132 cm³/mol. The van der Waals surface area contributed by atoms with Gasteiger partial charge in [0.15, 0.2) is 0 Å². The summed E-state index contributed by atoms with van der Waals surface area (Å²) in [4.78, 5) is 16.1. The van der Waals surface area contributed by atoms with Crippen LogP contribution in [-0.2, 0) is 17.6 Å². The average Bonchev–Trinajstić information content (AvgIpc) is 2.68. The van der Waals surface area contributed by atoms with E-state index in [-0.39, 0.29) is 5.91 Å². The second kappa shape index (κ2) is 9.15. The van der Waals surface area contributed by atoms with Gasteiger partial charge in [0.2, 0.25) is 5.91 Å². The molecule has 31 heavy (non-hydrogen) atoms. The third-order valence-electron chi connectivity index (χ3n) is 6.95. The number of rotatable bonds is 7. The minimum Gasteiger partial charge on any atom is -0.543 e. The van der Waals surface area contributed by atoms with E-state index in [9.17, 15) is 4.79 Å². The maximum atomic E-state index is 11.6. The van der Waals surface area contributed by atoms with Crippen LogP contribution in [0.15, 0.2) is 24.4 Å². The highest BCUT2D eigenvalue weighted by atomic mass is 28.4. The average molecular weight is 439 g/mol. The summed E-state index contributed by atoms with van der Waals surface area (Å²) in [5.41, 5.74) is 7.83. The van der Waals surface area contributed by atoms with Crippen molar-refractivity contribution in [1.82, 2.24) is 4.98 Å². The number of nitrogens with one attached hydrogen (secondary N) is 1. The number of hydrogen-bond acceptors (Lipinski definition) is 3. The maximum absolute atomic E-state index is 11.6. The van der Waals surface area contributed by atoms with E-state index in [1.807, 2.05) is 6.20 Å². The van der Waals surface area contributed by atoms with Crippen LogP contribution in [0.4, 0.5) is 5.82 Å². The molecule has 0 atom stereocenters. The molecule has 1 aliphatic rings. The molecule has 1 amide bonds. The summed E-state index contributed by atoms with van der Waals surface area (Å²) in [5.74, 6) is 1.79. The topological polar surface area (TPSA) is 51.2 Å². The van der Waals surface area contributed by atoms with Gasteiger partial charge in [-0.3, -0.25) is 4.79 Å². The van der Waals surface area contributed by atoms with Crippen molar-refractivity contribution >= 4 is 20.0 Å². The van der Waals surface area contributed by atoms with E-state index >= 15 is 0 Å². The number of nitrogens with zero attached hydrogens (tertiary/aromatic N) is 1. The van der Waals surface area contributed by atoms with Gasteiger partial charge in [0.1, 0.15) is 11.6 Å². The van der Waals surface area contributed by atoms with Gasteiger partial charge in [0.05, 0.1) is 0 Å². The maximum Gasteiger partial charge on any atom is 0.258 e. The minimum absolute atomic E-state index is 0.0545. The summed E-state index contributed by atoms with van der Waals surface area (Å²) in [6.45, 7) is 18.3. The van der Waals surface area contributed by atoms with Gasteiger partial charge in [-0.05, 0) is 83.3 Å². The number of fused-ring (bicyclic) bond motifs is 1. The molecule has 4 nitrogen and oxygen atoms in total. The summed E-state index contributed by atoms with van der Waals surface area (Å²) < 4.78 is 6.92. The first-order valence-corrected chi connectivity index (χ1v) is 13.7. The third-order valence-corrected chi connectivity index (χ3v) is 13.0. The van der Waals surface area contributed by atoms with E-state index in [0.717, 1.165) is 30.0 Å². The van der Waals surface area contributed by atoms with Crippen molar-refractivity contribution in [3.8, 4) is 5.75 Å². The standard InChI is InChI=1S/C26H38N2O2Si/c1-16(2)31(17(3)4,18(5)6)30-23-11-19(7)24(20(8)12-23)14-21-13-22-9-10-25(29)28-26(22)27-15-21/h11-13,15-18H,9-10,14H2,1-8H3,(H,27,28,29). The Hall–Kier alpha value is -2.14. The fourth-order valence-electron chi connectivity index (χ4n) is 5.46. The van der Waals surface area contributed by atoms with E-state index < -0.39 is 8.32 Å². The van der Waals surface area contributed by atoms with Crippen molar-refractivity contribution in [2.75, 3.05) is 5.32 Å². The van der Waals surface area contributed by atoms with Crippen molar-refractivity contribution in [2.24, 2.45) is 0 Å². The normalized spacial score (nSPS) is 14.2. The second-order valence-corrected chi connectivity index (χ2v) is 15.4. The van der Waals surface area contributed by atoms with E-state index in [4.69, 9.17) is 4.43 Å². The van der Waals surface area contributed by atoms with Crippen LogP contribution < -0.4 is 9.74 Å². The van der Waals surface area contributed by atoms with Crippen LogP contribution in [0.3, 0.4) is 0 Å². The Morgan fingerprint density at radius 2 is 1.55 bits per heavy atom. The molecule has 1 aromatic heterocycles. The van der Waals surface area contributed by atoms with Gasteiger partial charge in [-0.1, -0.05) is 47.6 Å². The predicted octanol–water partition coefficient (Wildman–Crippen LogP) is 6.73. The molecule has 0 fully saturated rings. The Kier molecular flexibility index (Phi) is 6.94. The van der Waals surface area contributed by atoms with Gasteiger partial charge in [-0.2, -0.15) is 0 Å². The number of amides is 1. The summed E-state index contributed by atoms with van der Waals surface area (Å²) in [6.07, 6.45) is 4.03. The Morgan fingerprint density at radius 3 is 2.10 bits per heavy atom. The smallest absolute Gasteiger partial charge is 0.258 e. The number of benzene rings is 1. The molecule has 5 heteroatoms. The molecular formula is C26H38N2O2Si. The first-order valence-electron chi connectivity index (χ1n) is 11.6. The molecule has 2 heterocycles. The lowest BCUT2D eigenvalue weighted by Gasteiger charge is -2.42. The number of anilines is 1. The first kappa shape index (κ1) is 23.5. The number of carbonyl (C=O) groups excluding carboxylic acids is 1. The molecule has 0 saturated heterocycles. The van der Waals surface area contributed by atoms with Crippen molar-refractivity contribution < 1.29 is 9.22 Å². The van der Waals surface area contributed by atoms with E-state index in [0.29, 0.717) is 23.0 Å². The fraction of sp³-hybridized carbons (Fsp3) is 0.538. The molecule has 168 valence electrons. The lowest BCUT2D eigenvalue weighted by atomic mass is 9.95. The van der Waals surface area contributed by atoms with Crippen molar-refractivity contribution in [2.45, 2.75) is 91.3 Å². The van der Waals surface area contributed by atoms with Crippen LogP contribution in [0.1, 0.15) is 75.8 Å². The van der Waals surface area contributed by atoms with Crippen LogP contribution in [0, 0.1) is 13.8 Å². The highest BCUT2D eigenvalue weighted by Crippen LogP contribution is 2.43. The Balaban J connectivity index is 1.88. The van der Waals surface area contributed by atoms with Crippen LogP contribution in [-0.4, -0.2) is 19.2 Å². The molecule has 0 aliphatic carbocycles. The second-order valence-electron chi connectivity index (χ2n) is 10.0. The van der Waals surface area contributed by atoms with Crippen LogP contribution in [0.25, 0.3) is 0 Å². The molecule has 0 bridgehead atoms. The quantitative estimate of drug-likeness (QED) is 0.488. The van der Waals surface area contributed by atoms with Gasteiger partial charge in [0, 0.05) is 12.6 Å². The van der Waals surface area contributed by atoms with Gasteiger partial charge >= 0.3 is 0 Å². The Labute approximate surface area is 189 Å². The molecular weight excluding hydrogens is 400 g/mol. The van der Waals surface area contributed by atoms with Crippen LogP contribution in [0.2, 0.25) is 16.6 Å². The molecule has 0 spiro atoms. The van der Waals surface area contributed by atoms with Crippen LogP contribution in [0.5, 0.6) is 5.75 Å². The SMILES string of the molecule is Cc1cc(O[Si](C(C)C)(C(C)C)C(C)C)cc(C)c1Cc1cnc2c(c1)CCC(=O)N2. The molecule has 3 rings (SSSR count). The highest BCUT2D eigenvalue weighted by molar-refractivity contribution is 6.78. The van der Waals surface area contributed by atoms with Crippen molar-refractivity contribution in [3.05, 3.63) is 52.2 Å². The van der Waals surface area contributed by atoms with Gasteiger partial charge in [0.25, 0.3) is 8.32 Å². The van der Waals surface area contributed by atoms with Crippen LogP contribution >= 0.6 is 0 Å². The van der Waals surface area contributed by atoms with Gasteiger partial charge in [-0.25, -0.2) is 4.98 Å². The number of pyridine rings is 1. The monoisotopic (exact) mass is 438 g/mol. The molecule has 0 saturated carbocycles. The zero-order valence-electron chi connectivity index (χ0n) is 20.4. The molecule has 2 aromatic rings. The Bertz CT molecular complexity index is 921. The van der Waals surface area contributed by atoms with Crippen molar-refractivity contribution in [1.29, 1.82) is 0 Å². The number of carbonyl (C=O) groups is 1. The zero-order chi connectivity index (χ0) is 22.9. The summed E-state index contributed by atoms with van der Waals surface area (Å²) >= 11 is 0. The lowest BCUT2D eigenvalue weighted by molar-refractivity contribution is -0.116. The summed E-state index contributed by atoms with van der Waals surface area (Å²) in [7, 11) is -1.97. The van der Waals surface area contributed by atoms with E-state index in [2.05, 4.69) is 83.9 Å². The summed E-state index contributed by atoms with van der Waals surface area (Å²) in [5, 5.41) is 2.87. The van der Waals surface area contributed by atoms with E-state index in [1.165, 1.54) is 22.3 Å². The molecule has 0 radical (unpaired) electrons. The lowest BCUT2D eigenvalue weighted by Crippen LogP contribution is -2.50. The highest BCUT2D eigenvalue weighted by Gasteiger charge is 2.47. The first-order chi connectivity index (χ1) is 14.5. The van der Waals surface area contributed by atoms with Crippen molar-refractivity contribution in [3.63, 3.8) is 0 Å². The summed E-state index contributed by atoms with van der Waals surface area (Å²) in [6, 6.07) is 6.64. The largest absolute Gasteiger partial charge is 0.543 e.